The van der Waals surface area contributed by atoms with E-state index in [1.807, 2.05) is 12.1 Å². The van der Waals surface area contributed by atoms with Gasteiger partial charge in [-0.3, -0.25) is 0 Å². The molecule has 1 atom stereocenters. The fraction of sp³-hybridized carbons (Fsp3) is 0.316. The van der Waals surface area contributed by atoms with E-state index in [-0.39, 0.29) is 6.61 Å². The molecule has 4 nitrogen and oxygen atoms in total. The number of methoxy groups -OCH3 is 1. The van der Waals surface area contributed by atoms with Crippen molar-refractivity contribution in [2.75, 3.05) is 13.7 Å². The van der Waals surface area contributed by atoms with E-state index >= 15 is 0 Å². The minimum Gasteiger partial charge on any atom is -0.497 e. The highest BCUT2D eigenvalue weighted by atomic mass is 79.9. The molecule has 0 aliphatic rings. The smallest absolute Gasteiger partial charge is 0.349 e. The van der Waals surface area contributed by atoms with Gasteiger partial charge in [-0.1, -0.05) is 19.9 Å². The molecule has 0 aliphatic heterocycles. The van der Waals surface area contributed by atoms with Crippen LogP contribution in [0.25, 0.3) is 0 Å². The fourth-order valence-corrected chi connectivity index (χ4v) is 2.59. The summed E-state index contributed by atoms with van der Waals surface area (Å²) >= 11 is 3.45. The third-order valence-electron chi connectivity index (χ3n) is 3.78. The van der Waals surface area contributed by atoms with Crippen LogP contribution in [0.3, 0.4) is 0 Å². The highest BCUT2D eigenvalue weighted by Gasteiger charge is 2.11. The molecule has 0 saturated carbocycles. The molecule has 128 valence electrons. The van der Waals surface area contributed by atoms with Crippen LogP contribution >= 0.6 is 15.9 Å². The van der Waals surface area contributed by atoms with E-state index < -0.39 is 5.97 Å². The molecule has 0 aliphatic carbocycles. The van der Waals surface area contributed by atoms with E-state index in [1.54, 1.807) is 37.4 Å². The fourth-order valence-electron chi connectivity index (χ4n) is 2.11. The summed E-state index contributed by atoms with van der Waals surface area (Å²) in [5.74, 6) is 1.81. The number of halogens is 1. The largest absolute Gasteiger partial charge is 0.497 e. The van der Waals surface area contributed by atoms with Crippen LogP contribution in [0.15, 0.2) is 46.9 Å². The molecule has 0 amide bonds. The molecular weight excluding hydrogens is 372 g/mol. The van der Waals surface area contributed by atoms with Gasteiger partial charge in [0, 0.05) is 0 Å². The number of rotatable bonds is 7. The predicted molar refractivity (Wildman–Crippen MR) is 97.0 cm³/mol. The Morgan fingerprint density at radius 2 is 1.79 bits per heavy atom. The Labute approximate surface area is 150 Å². The Kier molecular flexibility index (Phi) is 6.67. The van der Waals surface area contributed by atoms with Crippen molar-refractivity contribution in [3.8, 4) is 17.2 Å². The molecule has 2 aromatic carbocycles. The van der Waals surface area contributed by atoms with Crippen molar-refractivity contribution in [2.45, 2.75) is 26.2 Å². The highest BCUT2D eigenvalue weighted by Crippen LogP contribution is 2.30. The Balaban J connectivity index is 1.91. The molecule has 0 bridgehead atoms. The van der Waals surface area contributed by atoms with Gasteiger partial charge in [0.15, 0.2) is 6.61 Å². The molecule has 5 heteroatoms. The van der Waals surface area contributed by atoms with E-state index in [2.05, 4.69) is 29.8 Å². The van der Waals surface area contributed by atoms with Crippen LogP contribution in [0.1, 0.15) is 31.7 Å². The van der Waals surface area contributed by atoms with E-state index in [4.69, 9.17) is 14.2 Å². The summed E-state index contributed by atoms with van der Waals surface area (Å²) in [4.78, 5) is 11.9. The number of carbonyl (C=O) groups is 1. The van der Waals surface area contributed by atoms with Gasteiger partial charge in [-0.15, -0.1) is 0 Å². The number of benzene rings is 2. The quantitative estimate of drug-likeness (QED) is 0.493. The van der Waals surface area contributed by atoms with E-state index in [0.717, 1.165) is 16.6 Å². The molecular formula is C19H21BrO4. The van der Waals surface area contributed by atoms with Crippen LogP contribution in [-0.2, 0) is 4.79 Å². The summed E-state index contributed by atoms with van der Waals surface area (Å²) in [5.41, 5.74) is 1.21. The molecule has 2 aromatic rings. The molecule has 0 saturated heterocycles. The number of esters is 1. The van der Waals surface area contributed by atoms with Crippen molar-refractivity contribution in [2.24, 2.45) is 0 Å². The predicted octanol–water partition coefficient (Wildman–Crippen LogP) is 4.96. The summed E-state index contributed by atoms with van der Waals surface area (Å²) in [6.45, 7) is 4.14. The van der Waals surface area contributed by atoms with E-state index in [1.165, 1.54) is 5.56 Å². The molecule has 0 spiro atoms. The Morgan fingerprint density at radius 3 is 2.38 bits per heavy atom. The SMILES string of the molecule is CCC(C)c1ccc(OC(=O)COc2ccc(OC)cc2)c(Br)c1. The van der Waals surface area contributed by atoms with Gasteiger partial charge >= 0.3 is 5.97 Å². The van der Waals surface area contributed by atoms with E-state index in [0.29, 0.717) is 17.4 Å². The number of hydrogen-bond donors (Lipinski definition) is 0. The highest BCUT2D eigenvalue weighted by molar-refractivity contribution is 9.10. The number of carbonyl (C=O) groups excluding carboxylic acids is 1. The minimum absolute atomic E-state index is 0.161. The van der Waals surface area contributed by atoms with Gasteiger partial charge in [-0.05, 0) is 70.2 Å². The van der Waals surface area contributed by atoms with Crippen molar-refractivity contribution < 1.29 is 19.0 Å². The molecule has 0 radical (unpaired) electrons. The molecule has 0 heterocycles. The first-order chi connectivity index (χ1) is 11.5. The zero-order valence-corrected chi connectivity index (χ0v) is 15.6. The maximum absolute atomic E-state index is 11.9. The Hall–Kier alpha value is -2.01. The average Bonchev–Trinajstić information content (AvgIpc) is 2.61. The van der Waals surface area contributed by atoms with Gasteiger partial charge < -0.3 is 14.2 Å². The summed E-state index contributed by atoms with van der Waals surface area (Å²) in [6, 6.07) is 12.8. The van der Waals surface area contributed by atoms with Crippen molar-refractivity contribution in [1.82, 2.24) is 0 Å². The number of ether oxygens (including phenoxy) is 3. The first-order valence-electron chi connectivity index (χ1n) is 7.80. The summed E-state index contributed by atoms with van der Waals surface area (Å²) in [6.07, 6.45) is 1.06. The third kappa shape index (κ3) is 4.99. The van der Waals surface area contributed by atoms with Crippen molar-refractivity contribution >= 4 is 21.9 Å². The third-order valence-corrected chi connectivity index (χ3v) is 4.40. The zero-order valence-electron chi connectivity index (χ0n) is 14.0. The summed E-state index contributed by atoms with van der Waals surface area (Å²) in [5, 5.41) is 0. The van der Waals surface area contributed by atoms with Gasteiger partial charge in [-0.25, -0.2) is 4.79 Å². The topological polar surface area (TPSA) is 44.8 Å². The van der Waals surface area contributed by atoms with Gasteiger partial charge in [0.25, 0.3) is 0 Å². The molecule has 0 fully saturated rings. The van der Waals surface area contributed by atoms with Crippen LogP contribution in [0.5, 0.6) is 17.2 Å². The standard InChI is InChI=1S/C19H21BrO4/c1-4-13(2)14-5-10-18(17(20)11-14)24-19(21)12-23-16-8-6-15(22-3)7-9-16/h5-11,13H,4,12H2,1-3H3. The maximum atomic E-state index is 11.9. The number of hydrogen-bond acceptors (Lipinski definition) is 4. The molecule has 2 rings (SSSR count). The Bertz CT molecular complexity index is 682. The van der Waals surface area contributed by atoms with Gasteiger partial charge in [0.05, 0.1) is 11.6 Å². The van der Waals surface area contributed by atoms with Crippen LogP contribution in [0, 0.1) is 0 Å². The van der Waals surface area contributed by atoms with Crippen LogP contribution in [-0.4, -0.2) is 19.7 Å². The first-order valence-corrected chi connectivity index (χ1v) is 8.59. The van der Waals surface area contributed by atoms with Crippen molar-refractivity contribution in [3.63, 3.8) is 0 Å². The second-order valence-corrected chi connectivity index (χ2v) is 6.29. The van der Waals surface area contributed by atoms with Crippen LogP contribution in [0.4, 0.5) is 0 Å². The molecule has 1 unspecified atom stereocenters. The van der Waals surface area contributed by atoms with Crippen molar-refractivity contribution in [1.29, 1.82) is 0 Å². The zero-order chi connectivity index (χ0) is 17.5. The lowest BCUT2D eigenvalue weighted by molar-refractivity contribution is -0.136. The van der Waals surface area contributed by atoms with Gasteiger partial charge in [0.2, 0.25) is 0 Å². The maximum Gasteiger partial charge on any atom is 0.349 e. The normalized spacial score (nSPS) is 11.7. The van der Waals surface area contributed by atoms with Crippen LogP contribution in [0.2, 0.25) is 0 Å². The van der Waals surface area contributed by atoms with E-state index in [9.17, 15) is 4.79 Å². The minimum atomic E-state index is -0.456. The van der Waals surface area contributed by atoms with Crippen molar-refractivity contribution in [3.05, 3.63) is 52.5 Å². The lowest BCUT2D eigenvalue weighted by Gasteiger charge is -2.12. The second kappa shape index (κ2) is 8.73. The van der Waals surface area contributed by atoms with Crippen LogP contribution < -0.4 is 14.2 Å². The Morgan fingerprint density at radius 1 is 1.12 bits per heavy atom. The molecule has 24 heavy (non-hydrogen) atoms. The average molecular weight is 393 g/mol. The summed E-state index contributed by atoms with van der Waals surface area (Å²) < 4.78 is 16.6. The second-order valence-electron chi connectivity index (χ2n) is 5.44. The first kappa shape index (κ1) is 18.3. The molecule has 0 aromatic heterocycles. The van der Waals surface area contributed by atoms with Gasteiger partial charge in [-0.2, -0.15) is 0 Å². The lowest BCUT2D eigenvalue weighted by atomic mass is 9.99. The molecule has 0 N–H and O–H groups in total. The summed E-state index contributed by atoms with van der Waals surface area (Å²) in [7, 11) is 1.59. The lowest BCUT2D eigenvalue weighted by Crippen LogP contribution is -2.18. The van der Waals surface area contributed by atoms with Gasteiger partial charge in [0.1, 0.15) is 17.2 Å². The monoisotopic (exact) mass is 392 g/mol.